The van der Waals surface area contributed by atoms with Crippen LogP contribution in [0.1, 0.15) is 22.4 Å². The van der Waals surface area contributed by atoms with Crippen LogP contribution in [0.2, 0.25) is 5.02 Å². The van der Waals surface area contributed by atoms with Crippen molar-refractivity contribution in [2.45, 2.75) is 19.9 Å². The Morgan fingerprint density at radius 1 is 1.09 bits per heavy atom. The molecule has 2 aromatic carbocycles. The summed E-state index contributed by atoms with van der Waals surface area (Å²) in [5.41, 5.74) is 11.1. The van der Waals surface area contributed by atoms with E-state index in [1.807, 2.05) is 43.3 Å². The number of fused-ring (bicyclic) bond motifs is 1. The molecule has 0 fully saturated rings. The van der Waals surface area contributed by atoms with Gasteiger partial charge in [-0.15, -0.1) is 5.10 Å². The normalized spacial score (nSPS) is 11.2. The van der Waals surface area contributed by atoms with E-state index in [4.69, 9.17) is 17.3 Å². The predicted molar refractivity (Wildman–Crippen MR) is 123 cm³/mol. The van der Waals surface area contributed by atoms with Crippen molar-refractivity contribution in [2.75, 3.05) is 11.1 Å². The van der Waals surface area contributed by atoms with Crippen molar-refractivity contribution in [1.82, 2.24) is 34.3 Å². The predicted octanol–water partition coefficient (Wildman–Crippen LogP) is 3.64. The number of nitrogen functional groups attached to an aromatic ring is 1. The SMILES string of the molecule is Cc1nc2nc(Nc3cc(Cl)ccc3Cn3cncn3)nn2c(N)c1Cc1ccccc1. The fourth-order valence-corrected chi connectivity index (χ4v) is 3.72. The Hall–Kier alpha value is -3.98. The number of rotatable bonds is 6. The van der Waals surface area contributed by atoms with Crippen LogP contribution in [0.25, 0.3) is 5.78 Å². The Bertz CT molecular complexity index is 1380. The Kier molecular flexibility index (Phi) is 5.16. The second-order valence-electron chi connectivity index (χ2n) is 7.39. The summed E-state index contributed by atoms with van der Waals surface area (Å²) in [6.45, 7) is 2.46. The summed E-state index contributed by atoms with van der Waals surface area (Å²) in [7, 11) is 0. The zero-order valence-electron chi connectivity index (χ0n) is 17.3. The number of anilines is 3. The van der Waals surface area contributed by atoms with Gasteiger partial charge >= 0.3 is 0 Å². The molecule has 9 nitrogen and oxygen atoms in total. The largest absolute Gasteiger partial charge is 0.383 e. The lowest BCUT2D eigenvalue weighted by atomic mass is 10.0. The second kappa shape index (κ2) is 8.27. The molecule has 0 saturated carbocycles. The number of benzene rings is 2. The first-order valence-corrected chi connectivity index (χ1v) is 10.4. The van der Waals surface area contributed by atoms with Gasteiger partial charge in [-0.25, -0.2) is 14.6 Å². The number of nitrogens with one attached hydrogen (secondary N) is 1. The van der Waals surface area contributed by atoms with Gasteiger partial charge in [0.25, 0.3) is 5.78 Å². The summed E-state index contributed by atoms with van der Waals surface area (Å²) in [6.07, 6.45) is 3.82. The summed E-state index contributed by atoms with van der Waals surface area (Å²) < 4.78 is 3.29. The van der Waals surface area contributed by atoms with Crippen molar-refractivity contribution in [3.05, 3.63) is 88.6 Å². The minimum absolute atomic E-state index is 0.377. The third-order valence-electron chi connectivity index (χ3n) is 5.17. The van der Waals surface area contributed by atoms with Crippen molar-refractivity contribution in [2.24, 2.45) is 0 Å². The second-order valence-corrected chi connectivity index (χ2v) is 7.83. The van der Waals surface area contributed by atoms with E-state index in [0.717, 1.165) is 28.1 Å². The first-order valence-electron chi connectivity index (χ1n) is 10.0. The van der Waals surface area contributed by atoms with Gasteiger partial charge in [0.2, 0.25) is 5.95 Å². The number of nitrogens with zero attached hydrogens (tertiary/aromatic N) is 7. The van der Waals surface area contributed by atoms with Gasteiger partial charge in [0, 0.05) is 28.4 Å². The molecular formula is C22H20ClN9. The average molecular weight is 446 g/mol. The molecule has 5 aromatic rings. The van der Waals surface area contributed by atoms with E-state index in [2.05, 4.69) is 42.6 Å². The van der Waals surface area contributed by atoms with Gasteiger partial charge in [-0.05, 0) is 30.2 Å². The summed E-state index contributed by atoms with van der Waals surface area (Å²) in [5, 5.41) is 12.6. The minimum atomic E-state index is 0.377. The van der Waals surface area contributed by atoms with Crippen molar-refractivity contribution in [3.63, 3.8) is 0 Å². The number of aromatic nitrogens is 7. The first kappa shape index (κ1) is 20.0. The van der Waals surface area contributed by atoms with Crippen molar-refractivity contribution in [3.8, 4) is 0 Å². The molecule has 0 aliphatic carbocycles. The molecule has 160 valence electrons. The van der Waals surface area contributed by atoms with Crippen molar-refractivity contribution >= 4 is 34.8 Å². The van der Waals surface area contributed by atoms with Gasteiger partial charge in [0.05, 0.1) is 6.54 Å². The molecule has 3 aromatic heterocycles. The van der Waals surface area contributed by atoms with Crippen LogP contribution in [0.4, 0.5) is 17.5 Å². The minimum Gasteiger partial charge on any atom is -0.383 e. The topological polar surface area (TPSA) is 112 Å². The van der Waals surface area contributed by atoms with Crippen LogP contribution in [-0.2, 0) is 13.0 Å². The Labute approximate surface area is 188 Å². The molecule has 3 N–H and O–H groups in total. The molecule has 10 heteroatoms. The van der Waals surface area contributed by atoms with Gasteiger partial charge in [0.1, 0.15) is 18.5 Å². The molecule has 5 rings (SSSR count). The molecular weight excluding hydrogens is 426 g/mol. The number of halogens is 1. The standard InChI is InChI=1S/C22H20ClN9/c1-14-18(9-15-5-3-2-4-6-15)20(24)32-22(27-14)29-21(30-32)28-19-10-17(23)8-7-16(19)11-31-13-25-12-26-31/h2-8,10,12-13H,9,11,24H2,1H3,(H,28,30). The van der Waals surface area contributed by atoms with Crippen LogP contribution < -0.4 is 11.1 Å². The van der Waals surface area contributed by atoms with Crippen LogP contribution >= 0.6 is 11.6 Å². The van der Waals surface area contributed by atoms with Gasteiger partial charge in [0.15, 0.2) is 0 Å². The number of nitrogens with two attached hydrogens (primary N) is 1. The highest BCUT2D eigenvalue weighted by molar-refractivity contribution is 6.30. The molecule has 0 saturated heterocycles. The number of aryl methyl sites for hydroxylation is 1. The molecule has 3 heterocycles. The van der Waals surface area contributed by atoms with Gasteiger partial charge in [-0.3, -0.25) is 0 Å². The highest BCUT2D eigenvalue weighted by atomic mass is 35.5. The first-order chi connectivity index (χ1) is 15.6. The maximum atomic E-state index is 6.47. The monoisotopic (exact) mass is 445 g/mol. The van der Waals surface area contributed by atoms with Gasteiger partial charge in [-0.2, -0.15) is 14.6 Å². The maximum absolute atomic E-state index is 6.47. The molecule has 0 radical (unpaired) electrons. The molecule has 0 unspecified atom stereocenters. The molecule has 0 aliphatic rings. The highest BCUT2D eigenvalue weighted by Gasteiger charge is 2.16. The number of hydrogen-bond acceptors (Lipinski definition) is 7. The zero-order valence-corrected chi connectivity index (χ0v) is 18.0. The lowest BCUT2D eigenvalue weighted by molar-refractivity contribution is 0.686. The van der Waals surface area contributed by atoms with E-state index < -0.39 is 0 Å². The van der Waals surface area contributed by atoms with Crippen LogP contribution in [0.5, 0.6) is 0 Å². The average Bonchev–Trinajstić information content (AvgIpc) is 3.44. The smallest absolute Gasteiger partial charge is 0.256 e. The van der Waals surface area contributed by atoms with E-state index in [9.17, 15) is 0 Å². The van der Waals surface area contributed by atoms with Crippen molar-refractivity contribution in [1.29, 1.82) is 0 Å². The van der Waals surface area contributed by atoms with Crippen LogP contribution in [-0.4, -0.2) is 34.3 Å². The fourth-order valence-electron chi connectivity index (χ4n) is 3.55. The van der Waals surface area contributed by atoms with Gasteiger partial charge < -0.3 is 11.1 Å². The fraction of sp³-hybridized carbons (Fsp3) is 0.136. The Morgan fingerprint density at radius 2 is 1.94 bits per heavy atom. The Balaban J connectivity index is 1.48. The highest BCUT2D eigenvalue weighted by Crippen LogP contribution is 2.26. The molecule has 0 spiro atoms. The third kappa shape index (κ3) is 3.97. The van der Waals surface area contributed by atoms with E-state index in [0.29, 0.717) is 35.5 Å². The summed E-state index contributed by atoms with van der Waals surface area (Å²) in [5.74, 6) is 1.33. The molecule has 0 amide bonds. The zero-order chi connectivity index (χ0) is 22.1. The van der Waals surface area contributed by atoms with Crippen LogP contribution in [0.3, 0.4) is 0 Å². The summed E-state index contributed by atoms with van der Waals surface area (Å²) in [4.78, 5) is 13.1. The van der Waals surface area contributed by atoms with Crippen LogP contribution in [0, 0.1) is 6.92 Å². The molecule has 0 aliphatic heterocycles. The summed E-state index contributed by atoms with van der Waals surface area (Å²) >= 11 is 6.23. The summed E-state index contributed by atoms with van der Waals surface area (Å²) in [6, 6.07) is 15.7. The molecule has 32 heavy (non-hydrogen) atoms. The van der Waals surface area contributed by atoms with Crippen molar-refractivity contribution < 1.29 is 0 Å². The van der Waals surface area contributed by atoms with E-state index in [1.54, 1.807) is 15.5 Å². The Morgan fingerprint density at radius 3 is 2.72 bits per heavy atom. The van der Waals surface area contributed by atoms with E-state index >= 15 is 0 Å². The maximum Gasteiger partial charge on any atom is 0.256 e. The van der Waals surface area contributed by atoms with E-state index in [1.165, 1.54) is 6.33 Å². The lowest BCUT2D eigenvalue weighted by Crippen LogP contribution is -2.09. The molecule has 0 bridgehead atoms. The third-order valence-corrected chi connectivity index (χ3v) is 5.41. The van der Waals surface area contributed by atoms with Crippen LogP contribution in [0.15, 0.2) is 61.2 Å². The lowest BCUT2D eigenvalue weighted by Gasteiger charge is -2.10. The molecule has 0 atom stereocenters. The quantitative estimate of drug-likeness (QED) is 0.410. The number of hydrogen-bond donors (Lipinski definition) is 2. The van der Waals surface area contributed by atoms with Gasteiger partial charge in [-0.1, -0.05) is 48.0 Å². The van der Waals surface area contributed by atoms with E-state index in [-0.39, 0.29) is 0 Å².